The van der Waals surface area contributed by atoms with Crippen molar-refractivity contribution >= 4 is 5.97 Å². The highest BCUT2D eigenvalue weighted by molar-refractivity contribution is 5.69. The summed E-state index contributed by atoms with van der Waals surface area (Å²) >= 11 is 0. The van der Waals surface area contributed by atoms with Gasteiger partial charge in [-0.05, 0) is 61.2 Å². The molecule has 2 heteroatoms. The summed E-state index contributed by atoms with van der Waals surface area (Å²) in [5.41, 5.74) is 0. The van der Waals surface area contributed by atoms with Gasteiger partial charge >= 0.3 is 5.97 Å². The summed E-state index contributed by atoms with van der Waals surface area (Å²) in [6, 6.07) is 0. The number of fused-ring (bicyclic) bond motifs is 2. The first kappa shape index (κ1) is 13.2. The molecule has 2 bridgehead atoms. The second-order valence-electron chi connectivity index (χ2n) is 6.74. The van der Waals surface area contributed by atoms with Crippen molar-refractivity contribution in [1.82, 2.24) is 0 Å². The maximum absolute atomic E-state index is 11.7. The van der Waals surface area contributed by atoms with E-state index in [4.69, 9.17) is 4.74 Å². The fourth-order valence-corrected chi connectivity index (χ4v) is 5.37. The standard InChI is InChI=1S/C17H26O2/c1-3-13-12-8-14(11-6-4-5-7-11)15(9-12)16(13)10-17(18)19-2/h4,6,11-16H,3,5,7-10H2,1-2H3. The molecular formula is C17H26O2. The Morgan fingerprint density at radius 2 is 2.05 bits per heavy atom. The highest BCUT2D eigenvalue weighted by Gasteiger charge is 2.53. The molecule has 0 radical (unpaired) electrons. The number of hydrogen-bond acceptors (Lipinski definition) is 2. The molecule has 0 aromatic rings. The van der Waals surface area contributed by atoms with Crippen LogP contribution in [0.5, 0.6) is 0 Å². The van der Waals surface area contributed by atoms with E-state index in [0.717, 1.165) is 29.6 Å². The average Bonchev–Trinajstić information content (AvgIpc) is 3.12. The Hall–Kier alpha value is -0.790. The first-order valence-corrected chi connectivity index (χ1v) is 7.98. The van der Waals surface area contributed by atoms with Crippen LogP contribution < -0.4 is 0 Å². The topological polar surface area (TPSA) is 26.3 Å². The number of ether oxygens (including phenoxy) is 1. The van der Waals surface area contributed by atoms with Crippen molar-refractivity contribution in [2.75, 3.05) is 7.11 Å². The molecule has 2 saturated carbocycles. The minimum absolute atomic E-state index is 0.00304. The minimum atomic E-state index is -0.00304. The van der Waals surface area contributed by atoms with Crippen LogP contribution in [0.4, 0.5) is 0 Å². The van der Waals surface area contributed by atoms with Gasteiger partial charge in [-0.15, -0.1) is 0 Å². The molecule has 2 fully saturated rings. The van der Waals surface area contributed by atoms with Gasteiger partial charge in [0, 0.05) is 6.42 Å². The molecule has 3 rings (SSSR count). The van der Waals surface area contributed by atoms with Gasteiger partial charge in [0.25, 0.3) is 0 Å². The number of esters is 1. The zero-order chi connectivity index (χ0) is 13.4. The Labute approximate surface area is 116 Å². The van der Waals surface area contributed by atoms with Crippen LogP contribution in [0.25, 0.3) is 0 Å². The lowest BCUT2D eigenvalue weighted by molar-refractivity contribution is -0.143. The summed E-state index contributed by atoms with van der Waals surface area (Å²) in [5, 5.41) is 0. The Bertz CT molecular complexity index is 373. The zero-order valence-corrected chi connectivity index (χ0v) is 12.2. The van der Waals surface area contributed by atoms with Gasteiger partial charge in [0.15, 0.2) is 0 Å². The van der Waals surface area contributed by atoms with Crippen LogP contribution >= 0.6 is 0 Å². The molecule has 0 N–H and O–H groups in total. The molecule has 0 spiro atoms. The number of carbonyl (C=O) groups is 1. The normalized spacial score (nSPS) is 43.9. The van der Waals surface area contributed by atoms with Gasteiger partial charge in [0.05, 0.1) is 7.11 Å². The minimum Gasteiger partial charge on any atom is -0.469 e. The second kappa shape index (κ2) is 5.30. The van der Waals surface area contributed by atoms with Crippen LogP contribution in [0.2, 0.25) is 0 Å². The number of carbonyl (C=O) groups excluding carboxylic acids is 1. The number of allylic oxidation sites excluding steroid dienone is 2. The predicted molar refractivity (Wildman–Crippen MR) is 75.5 cm³/mol. The van der Waals surface area contributed by atoms with E-state index in [1.54, 1.807) is 0 Å². The molecule has 0 amide bonds. The summed E-state index contributed by atoms with van der Waals surface area (Å²) < 4.78 is 4.92. The van der Waals surface area contributed by atoms with E-state index in [9.17, 15) is 4.79 Å². The third-order valence-electron chi connectivity index (χ3n) is 6.11. The molecular weight excluding hydrogens is 236 g/mol. The largest absolute Gasteiger partial charge is 0.469 e. The van der Waals surface area contributed by atoms with E-state index in [2.05, 4.69) is 19.1 Å². The summed E-state index contributed by atoms with van der Waals surface area (Å²) in [6.45, 7) is 2.29. The SMILES string of the molecule is CCC1C2CC(C3C=CCC3)C(C2)C1CC(=O)OC. The molecule has 19 heavy (non-hydrogen) atoms. The molecule has 0 aliphatic heterocycles. The smallest absolute Gasteiger partial charge is 0.305 e. The Balaban J connectivity index is 1.73. The number of hydrogen-bond donors (Lipinski definition) is 0. The van der Waals surface area contributed by atoms with Crippen molar-refractivity contribution < 1.29 is 9.53 Å². The van der Waals surface area contributed by atoms with E-state index < -0.39 is 0 Å². The van der Waals surface area contributed by atoms with Crippen molar-refractivity contribution in [2.24, 2.45) is 35.5 Å². The van der Waals surface area contributed by atoms with Gasteiger partial charge in [-0.25, -0.2) is 0 Å². The van der Waals surface area contributed by atoms with Gasteiger partial charge in [-0.3, -0.25) is 4.79 Å². The van der Waals surface area contributed by atoms with Crippen molar-refractivity contribution in [2.45, 2.75) is 45.4 Å². The van der Waals surface area contributed by atoms with Gasteiger partial charge in [-0.2, -0.15) is 0 Å². The van der Waals surface area contributed by atoms with Crippen molar-refractivity contribution in [3.8, 4) is 0 Å². The van der Waals surface area contributed by atoms with Crippen molar-refractivity contribution in [3.05, 3.63) is 12.2 Å². The highest BCUT2D eigenvalue weighted by Crippen LogP contribution is 2.60. The van der Waals surface area contributed by atoms with Crippen LogP contribution in [0.3, 0.4) is 0 Å². The van der Waals surface area contributed by atoms with Crippen LogP contribution in [0, 0.1) is 35.5 Å². The van der Waals surface area contributed by atoms with E-state index in [1.807, 2.05) is 0 Å². The lowest BCUT2D eigenvalue weighted by atomic mass is 9.68. The Kier molecular flexibility index (Phi) is 3.68. The molecule has 6 unspecified atom stereocenters. The quantitative estimate of drug-likeness (QED) is 0.569. The molecule has 106 valence electrons. The number of methoxy groups -OCH3 is 1. The third-order valence-corrected chi connectivity index (χ3v) is 6.11. The third kappa shape index (κ3) is 2.23. The lowest BCUT2D eigenvalue weighted by Gasteiger charge is -2.37. The van der Waals surface area contributed by atoms with Crippen LogP contribution in [-0.2, 0) is 9.53 Å². The van der Waals surface area contributed by atoms with E-state index in [-0.39, 0.29) is 5.97 Å². The summed E-state index contributed by atoms with van der Waals surface area (Å²) in [6.07, 6.45) is 12.1. The summed E-state index contributed by atoms with van der Waals surface area (Å²) in [7, 11) is 1.52. The second-order valence-corrected chi connectivity index (χ2v) is 6.74. The first-order valence-electron chi connectivity index (χ1n) is 7.98. The van der Waals surface area contributed by atoms with Gasteiger partial charge in [0.1, 0.15) is 0 Å². The maximum atomic E-state index is 11.7. The first-order chi connectivity index (χ1) is 9.24. The molecule has 6 atom stereocenters. The van der Waals surface area contributed by atoms with E-state index >= 15 is 0 Å². The van der Waals surface area contributed by atoms with Gasteiger partial charge in [0.2, 0.25) is 0 Å². The van der Waals surface area contributed by atoms with E-state index in [0.29, 0.717) is 12.3 Å². The molecule has 0 aromatic carbocycles. The van der Waals surface area contributed by atoms with Gasteiger partial charge < -0.3 is 4.74 Å². The molecule has 0 heterocycles. The monoisotopic (exact) mass is 262 g/mol. The number of rotatable bonds is 4. The highest BCUT2D eigenvalue weighted by atomic mass is 16.5. The molecule has 2 nitrogen and oxygen atoms in total. The van der Waals surface area contributed by atoms with Crippen LogP contribution in [0.1, 0.15) is 45.4 Å². The Morgan fingerprint density at radius 3 is 2.68 bits per heavy atom. The molecule has 3 aliphatic rings. The van der Waals surface area contributed by atoms with Crippen molar-refractivity contribution in [1.29, 1.82) is 0 Å². The molecule has 0 aromatic heterocycles. The van der Waals surface area contributed by atoms with Crippen molar-refractivity contribution in [3.63, 3.8) is 0 Å². The fourth-order valence-electron chi connectivity index (χ4n) is 5.37. The molecule has 0 saturated heterocycles. The fraction of sp³-hybridized carbons (Fsp3) is 0.824. The Morgan fingerprint density at radius 1 is 1.26 bits per heavy atom. The maximum Gasteiger partial charge on any atom is 0.305 e. The van der Waals surface area contributed by atoms with E-state index in [1.165, 1.54) is 39.2 Å². The van der Waals surface area contributed by atoms with Crippen LogP contribution in [0.15, 0.2) is 12.2 Å². The van der Waals surface area contributed by atoms with Crippen LogP contribution in [-0.4, -0.2) is 13.1 Å². The summed E-state index contributed by atoms with van der Waals surface area (Å²) in [4.78, 5) is 11.7. The summed E-state index contributed by atoms with van der Waals surface area (Å²) in [5.74, 6) is 4.66. The zero-order valence-electron chi connectivity index (χ0n) is 12.2. The van der Waals surface area contributed by atoms with Gasteiger partial charge in [-0.1, -0.05) is 25.5 Å². The lowest BCUT2D eigenvalue weighted by Crippen LogP contribution is -2.32. The molecule has 3 aliphatic carbocycles. The predicted octanol–water partition coefficient (Wildman–Crippen LogP) is 3.81. The average molecular weight is 262 g/mol.